The van der Waals surface area contributed by atoms with E-state index in [0.717, 1.165) is 0 Å². The molecular weight excluding hydrogens is 158 g/mol. The van der Waals surface area contributed by atoms with Gasteiger partial charge in [-0.25, -0.2) is 0 Å². The number of hydrogen-bond acceptors (Lipinski definition) is 5. The lowest BCUT2D eigenvalue weighted by atomic mass is 10.5. The fourth-order valence-electron chi connectivity index (χ4n) is 0.306. The molecule has 0 aliphatic carbocycles. The summed E-state index contributed by atoms with van der Waals surface area (Å²) < 4.78 is 25.0. The van der Waals surface area contributed by atoms with E-state index in [-0.39, 0.29) is 6.61 Å². The van der Waals surface area contributed by atoms with Gasteiger partial charge in [0.25, 0.3) is 10.1 Å². The summed E-state index contributed by atoms with van der Waals surface area (Å²) in [5.41, 5.74) is 5.06. The standard InChI is InChI=1S/C4H11NO4S/c5-2-1-3-9-10(7,8)4-6/h6H,1-5H2. The van der Waals surface area contributed by atoms with E-state index in [2.05, 4.69) is 4.18 Å². The highest BCUT2D eigenvalue weighted by Gasteiger charge is 2.06. The molecule has 0 spiro atoms. The predicted molar refractivity (Wildman–Crippen MR) is 35.6 cm³/mol. The van der Waals surface area contributed by atoms with Gasteiger partial charge in [0.05, 0.1) is 6.61 Å². The van der Waals surface area contributed by atoms with Crippen molar-refractivity contribution in [2.24, 2.45) is 5.73 Å². The quantitative estimate of drug-likeness (QED) is 0.391. The molecule has 0 amide bonds. The molecule has 0 unspecified atom stereocenters. The van der Waals surface area contributed by atoms with Crippen LogP contribution in [0.3, 0.4) is 0 Å². The third kappa shape index (κ3) is 4.68. The molecule has 3 N–H and O–H groups in total. The molecule has 0 saturated heterocycles. The first-order chi connectivity index (χ1) is 4.62. The second-order valence-electron chi connectivity index (χ2n) is 1.65. The summed E-state index contributed by atoms with van der Waals surface area (Å²) in [5, 5.41) is 8.15. The van der Waals surface area contributed by atoms with Crippen LogP contribution >= 0.6 is 0 Å². The minimum Gasteiger partial charge on any atom is -0.378 e. The maximum absolute atomic E-state index is 10.4. The van der Waals surface area contributed by atoms with Crippen LogP contribution in [0.2, 0.25) is 0 Å². The highest BCUT2D eigenvalue weighted by Crippen LogP contribution is 1.91. The number of rotatable bonds is 5. The fourth-order valence-corrected chi connectivity index (χ4v) is 0.753. The van der Waals surface area contributed by atoms with Crippen molar-refractivity contribution in [3.05, 3.63) is 0 Å². The monoisotopic (exact) mass is 169 g/mol. The van der Waals surface area contributed by atoms with E-state index in [1.807, 2.05) is 0 Å². The average Bonchev–Trinajstić information content (AvgIpc) is 1.89. The lowest BCUT2D eigenvalue weighted by Gasteiger charge is -1.99. The number of nitrogens with two attached hydrogens (primary N) is 1. The number of aliphatic hydroxyl groups is 1. The Labute approximate surface area is 59.9 Å². The lowest BCUT2D eigenvalue weighted by molar-refractivity contribution is 0.277. The topological polar surface area (TPSA) is 89.6 Å². The molecule has 0 aliphatic rings. The van der Waals surface area contributed by atoms with Crippen LogP contribution in [0, 0.1) is 0 Å². The van der Waals surface area contributed by atoms with E-state index in [9.17, 15) is 8.42 Å². The van der Waals surface area contributed by atoms with Gasteiger partial charge < -0.3 is 10.8 Å². The Morgan fingerprint density at radius 1 is 1.50 bits per heavy atom. The van der Waals surface area contributed by atoms with Gasteiger partial charge in [0, 0.05) is 0 Å². The van der Waals surface area contributed by atoms with Crippen LogP contribution in [0.1, 0.15) is 6.42 Å². The summed E-state index contributed by atoms with van der Waals surface area (Å²) in [6.07, 6.45) is 0.471. The first-order valence-corrected chi connectivity index (χ1v) is 4.38. The Morgan fingerprint density at radius 2 is 2.10 bits per heavy atom. The Bertz CT molecular complexity index is 164. The van der Waals surface area contributed by atoms with Gasteiger partial charge in [0.1, 0.15) is 0 Å². The fraction of sp³-hybridized carbons (Fsp3) is 1.00. The molecule has 0 aromatic carbocycles. The van der Waals surface area contributed by atoms with E-state index < -0.39 is 16.1 Å². The van der Waals surface area contributed by atoms with Crippen molar-refractivity contribution in [1.82, 2.24) is 0 Å². The van der Waals surface area contributed by atoms with Crippen LogP contribution in [0.4, 0.5) is 0 Å². The van der Waals surface area contributed by atoms with Gasteiger partial charge in [-0.1, -0.05) is 0 Å². The molecule has 0 aromatic rings. The zero-order valence-electron chi connectivity index (χ0n) is 5.49. The zero-order valence-corrected chi connectivity index (χ0v) is 6.30. The van der Waals surface area contributed by atoms with Gasteiger partial charge in [-0.3, -0.25) is 4.18 Å². The summed E-state index contributed by atoms with van der Waals surface area (Å²) in [7, 11) is -3.69. The predicted octanol–water partition coefficient (Wildman–Crippen LogP) is -1.37. The van der Waals surface area contributed by atoms with Gasteiger partial charge in [-0.15, -0.1) is 0 Å². The smallest absolute Gasteiger partial charge is 0.291 e. The van der Waals surface area contributed by atoms with Crippen LogP contribution in [0.5, 0.6) is 0 Å². The SMILES string of the molecule is NCCCOS(=O)(=O)CO. The van der Waals surface area contributed by atoms with Crippen molar-refractivity contribution in [3.8, 4) is 0 Å². The van der Waals surface area contributed by atoms with Gasteiger partial charge in [0.15, 0.2) is 5.94 Å². The largest absolute Gasteiger partial charge is 0.378 e. The molecular formula is C4H11NO4S. The highest BCUT2D eigenvalue weighted by molar-refractivity contribution is 7.86. The second kappa shape index (κ2) is 4.62. The molecule has 10 heavy (non-hydrogen) atoms. The summed E-state index contributed by atoms with van der Waals surface area (Å²) >= 11 is 0. The van der Waals surface area contributed by atoms with Crippen molar-refractivity contribution in [2.45, 2.75) is 6.42 Å². The molecule has 0 aromatic heterocycles. The average molecular weight is 169 g/mol. The molecule has 62 valence electrons. The summed E-state index contributed by atoms with van der Waals surface area (Å²) in [6, 6.07) is 0. The van der Waals surface area contributed by atoms with E-state index >= 15 is 0 Å². The van der Waals surface area contributed by atoms with Crippen LogP contribution in [-0.4, -0.2) is 32.6 Å². The summed E-state index contributed by atoms with van der Waals surface area (Å²) in [5.74, 6) is -0.975. The second-order valence-corrected chi connectivity index (χ2v) is 3.26. The molecule has 0 atom stereocenters. The van der Waals surface area contributed by atoms with Crippen molar-refractivity contribution < 1.29 is 17.7 Å². The number of hydrogen-bond donors (Lipinski definition) is 2. The maximum atomic E-state index is 10.4. The minimum atomic E-state index is -3.69. The lowest BCUT2D eigenvalue weighted by Crippen LogP contribution is -2.13. The highest BCUT2D eigenvalue weighted by atomic mass is 32.2. The molecule has 0 heterocycles. The molecule has 0 saturated carbocycles. The van der Waals surface area contributed by atoms with Crippen molar-refractivity contribution in [2.75, 3.05) is 19.1 Å². The summed E-state index contributed by atoms with van der Waals surface area (Å²) in [6.45, 7) is 0.417. The van der Waals surface area contributed by atoms with Crippen LogP contribution in [0.15, 0.2) is 0 Å². The van der Waals surface area contributed by atoms with Crippen molar-refractivity contribution in [3.63, 3.8) is 0 Å². The third-order valence-electron chi connectivity index (χ3n) is 0.769. The normalized spacial score (nSPS) is 11.8. The van der Waals surface area contributed by atoms with E-state index in [0.29, 0.717) is 13.0 Å². The van der Waals surface area contributed by atoms with Crippen LogP contribution in [-0.2, 0) is 14.3 Å². The van der Waals surface area contributed by atoms with Crippen molar-refractivity contribution in [1.29, 1.82) is 0 Å². The Hall–Kier alpha value is -0.170. The Balaban J connectivity index is 3.49. The third-order valence-corrected chi connectivity index (χ3v) is 1.61. The van der Waals surface area contributed by atoms with E-state index in [4.69, 9.17) is 10.8 Å². The molecule has 0 radical (unpaired) electrons. The van der Waals surface area contributed by atoms with Crippen LogP contribution in [0.25, 0.3) is 0 Å². The van der Waals surface area contributed by atoms with E-state index in [1.165, 1.54) is 0 Å². The number of aliphatic hydroxyl groups excluding tert-OH is 1. The first-order valence-electron chi connectivity index (χ1n) is 2.80. The van der Waals surface area contributed by atoms with Gasteiger partial charge >= 0.3 is 0 Å². The van der Waals surface area contributed by atoms with Crippen LogP contribution < -0.4 is 5.73 Å². The Morgan fingerprint density at radius 3 is 2.50 bits per heavy atom. The summed E-state index contributed by atoms with van der Waals surface area (Å²) in [4.78, 5) is 0. The molecule has 0 aliphatic heterocycles. The molecule has 0 fully saturated rings. The van der Waals surface area contributed by atoms with Gasteiger partial charge in [-0.2, -0.15) is 8.42 Å². The molecule has 5 nitrogen and oxygen atoms in total. The zero-order chi connectivity index (χ0) is 8.04. The van der Waals surface area contributed by atoms with Gasteiger partial charge in [0.2, 0.25) is 0 Å². The molecule has 0 rings (SSSR count). The molecule has 0 bridgehead atoms. The maximum Gasteiger partial charge on any atom is 0.291 e. The van der Waals surface area contributed by atoms with Gasteiger partial charge in [-0.05, 0) is 13.0 Å². The first kappa shape index (κ1) is 9.83. The van der Waals surface area contributed by atoms with E-state index in [1.54, 1.807) is 0 Å². The molecule has 6 heteroatoms. The minimum absolute atomic E-state index is 0.0411. The van der Waals surface area contributed by atoms with Crippen molar-refractivity contribution >= 4 is 10.1 Å². The Kier molecular flexibility index (Phi) is 4.54.